The van der Waals surface area contributed by atoms with E-state index in [1.807, 2.05) is 13.0 Å². The van der Waals surface area contributed by atoms with Crippen LogP contribution in [0.1, 0.15) is 11.1 Å². The van der Waals surface area contributed by atoms with Gasteiger partial charge in [-0.1, -0.05) is 0 Å². The molecule has 0 saturated heterocycles. The van der Waals surface area contributed by atoms with Crippen molar-refractivity contribution in [3.63, 3.8) is 0 Å². The highest BCUT2D eigenvalue weighted by atomic mass is 32.2. The molecule has 6 nitrogen and oxygen atoms in total. The Morgan fingerprint density at radius 1 is 1.20 bits per heavy atom. The molecule has 0 unspecified atom stereocenters. The zero-order valence-electron chi connectivity index (χ0n) is 12.3. The molecule has 0 radical (unpaired) electrons. The fourth-order valence-corrected chi connectivity index (χ4v) is 3.24. The first-order valence-electron chi connectivity index (χ1n) is 6.22. The fourth-order valence-electron chi connectivity index (χ4n) is 2.30. The summed E-state index contributed by atoms with van der Waals surface area (Å²) < 4.78 is 26.8. The van der Waals surface area contributed by atoms with E-state index in [4.69, 9.17) is 0 Å². The van der Waals surface area contributed by atoms with Crippen molar-refractivity contribution in [2.75, 3.05) is 37.4 Å². The summed E-state index contributed by atoms with van der Waals surface area (Å²) in [6.07, 6.45) is 0.314. The maximum Gasteiger partial charge on any atom is 0.303 e. The van der Waals surface area contributed by atoms with E-state index >= 15 is 0 Å². The van der Waals surface area contributed by atoms with Crippen LogP contribution < -0.4 is 9.21 Å². The molecule has 0 bridgehead atoms. The van der Waals surface area contributed by atoms with Crippen LogP contribution in [0.2, 0.25) is 0 Å². The first kappa shape index (κ1) is 14.8. The number of rotatable bonds is 3. The molecule has 2 rings (SSSR count). The third-order valence-corrected chi connectivity index (χ3v) is 5.43. The highest BCUT2D eigenvalue weighted by Crippen LogP contribution is 2.34. The lowest BCUT2D eigenvalue weighted by atomic mass is 10.1. The molecule has 0 N–H and O–H groups in total. The summed E-state index contributed by atoms with van der Waals surface area (Å²) >= 11 is 0. The summed E-state index contributed by atoms with van der Waals surface area (Å²) in [5, 5.41) is 0. The van der Waals surface area contributed by atoms with E-state index < -0.39 is 10.2 Å². The predicted octanol–water partition coefficient (Wildman–Crippen LogP) is 0.757. The summed E-state index contributed by atoms with van der Waals surface area (Å²) in [4.78, 5) is 13.3. The second-order valence-electron chi connectivity index (χ2n) is 5.15. The number of benzene rings is 1. The first-order chi connectivity index (χ1) is 9.16. The van der Waals surface area contributed by atoms with E-state index in [0.29, 0.717) is 12.1 Å². The average Bonchev–Trinajstić information content (AvgIpc) is 2.63. The molecule has 1 aromatic rings. The normalized spacial score (nSPS) is 14.9. The molecule has 0 saturated carbocycles. The van der Waals surface area contributed by atoms with Gasteiger partial charge in [-0.05, 0) is 30.2 Å². The second-order valence-corrected chi connectivity index (χ2v) is 7.33. The number of anilines is 2. The minimum Gasteiger partial charge on any atom is -0.315 e. The summed E-state index contributed by atoms with van der Waals surface area (Å²) in [6.45, 7) is 1.84. The molecule has 0 aliphatic carbocycles. The van der Waals surface area contributed by atoms with Crippen LogP contribution in [-0.4, -0.2) is 46.8 Å². The maximum absolute atomic E-state index is 12.2. The third-order valence-electron chi connectivity index (χ3n) is 3.62. The predicted molar refractivity (Wildman–Crippen MR) is 79.3 cm³/mol. The van der Waals surface area contributed by atoms with Gasteiger partial charge in [-0.3, -0.25) is 9.10 Å². The van der Waals surface area contributed by atoms with Crippen molar-refractivity contribution in [2.24, 2.45) is 0 Å². The Balaban J connectivity index is 2.51. The topological polar surface area (TPSA) is 60.9 Å². The molecular weight excluding hydrogens is 278 g/mol. The van der Waals surface area contributed by atoms with E-state index in [1.54, 1.807) is 18.0 Å². The van der Waals surface area contributed by atoms with Gasteiger partial charge in [0.05, 0.1) is 12.1 Å². The molecule has 0 fully saturated rings. The van der Waals surface area contributed by atoms with Gasteiger partial charge < -0.3 is 4.90 Å². The Kier molecular flexibility index (Phi) is 3.51. The highest BCUT2D eigenvalue weighted by Gasteiger charge is 2.28. The lowest BCUT2D eigenvalue weighted by molar-refractivity contribution is -0.117. The fraction of sp³-hybridized carbons (Fsp3) is 0.462. The van der Waals surface area contributed by atoms with Gasteiger partial charge in [-0.25, -0.2) is 0 Å². The third kappa shape index (κ3) is 2.16. The quantitative estimate of drug-likeness (QED) is 0.827. The van der Waals surface area contributed by atoms with Gasteiger partial charge in [0.1, 0.15) is 0 Å². The number of nitrogens with zero attached hydrogens (tertiary/aromatic N) is 3. The molecule has 20 heavy (non-hydrogen) atoms. The van der Waals surface area contributed by atoms with E-state index in [9.17, 15) is 13.2 Å². The zero-order chi connectivity index (χ0) is 15.2. The van der Waals surface area contributed by atoms with Crippen LogP contribution in [0.25, 0.3) is 0 Å². The number of likely N-dealkylation sites (N-methyl/N-ethyl adjacent to an activating group) is 1. The molecule has 1 aliphatic heterocycles. The van der Waals surface area contributed by atoms with Crippen LogP contribution in [-0.2, 0) is 21.4 Å². The minimum atomic E-state index is -3.53. The van der Waals surface area contributed by atoms with E-state index in [0.717, 1.165) is 21.1 Å². The minimum absolute atomic E-state index is 0.0228. The maximum atomic E-state index is 12.2. The molecule has 110 valence electrons. The van der Waals surface area contributed by atoms with Crippen molar-refractivity contribution in [3.8, 4) is 0 Å². The Hall–Kier alpha value is -1.60. The van der Waals surface area contributed by atoms with Crippen molar-refractivity contribution in [1.29, 1.82) is 0 Å². The average molecular weight is 297 g/mol. The number of aryl methyl sites for hydroxylation is 1. The van der Waals surface area contributed by atoms with Gasteiger partial charge in [0.15, 0.2) is 0 Å². The Morgan fingerprint density at radius 3 is 2.35 bits per heavy atom. The van der Waals surface area contributed by atoms with Crippen molar-refractivity contribution in [1.82, 2.24) is 4.31 Å². The molecule has 0 spiro atoms. The second kappa shape index (κ2) is 4.75. The van der Waals surface area contributed by atoms with Gasteiger partial charge in [0.25, 0.3) is 0 Å². The largest absolute Gasteiger partial charge is 0.315 e. The molecule has 1 heterocycles. The van der Waals surface area contributed by atoms with Crippen LogP contribution in [0.5, 0.6) is 0 Å². The van der Waals surface area contributed by atoms with Crippen LogP contribution >= 0.6 is 0 Å². The molecule has 7 heteroatoms. The summed E-state index contributed by atoms with van der Waals surface area (Å²) in [6, 6.07) is 3.64. The van der Waals surface area contributed by atoms with Crippen molar-refractivity contribution in [3.05, 3.63) is 23.3 Å². The molecular formula is C13H19N3O3S. The van der Waals surface area contributed by atoms with Gasteiger partial charge >= 0.3 is 10.2 Å². The number of hydrogen-bond donors (Lipinski definition) is 0. The Bertz CT molecular complexity index is 668. The highest BCUT2D eigenvalue weighted by molar-refractivity contribution is 7.90. The van der Waals surface area contributed by atoms with Crippen molar-refractivity contribution in [2.45, 2.75) is 13.3 Å². The number of hydrogen-bond acceptors (Lipinski definition) is 3. The lowest BCUT2D eigenvalue weighted by Gasteiger charge is -2.25. The van der Waals surface area contributed by atoms with Crippen LogP contribution in [0, 0.1) is 6.92 Å². The monoisotopic (exact) mass is 297 g/mol. The van der Waals surface area contributed by atoms with E-state index in [-0.39, 0.29) is 5.91 Å². The number of carbonyl (C=O) groups excluding carboxylic acids is 1. The SMILES string of the molecule is Cc1cc2c(cc1N(C)S(=O)(=O)N(C)C)CC(=O)N2C. The van der Waals surface area contributed by atoms with Crippen LogP contribution in [0.4, 0.5) is 11.4 Å². The molecule has 1 aliphatic rings. The standard InChI is InChI=1S/C13H19N3O3S/c1-9-6-12-10(8-13(17)15(12)4)7-11(9)16(5)20(18,19)14(2)3/h6-7H,8H2,1-5H3. The van der Waals surface area contributed by atoms with E-state index in [2.05, 4.69) is 0 Å². The lowest BCUT2D eigenvalue weighted by Crippen LogP contribution is -2.37. The molecule has 0 aromatic heterocycles. The summed E-state index contributed by atoms with van der Waals surface area (Å²) in [5.41, 5.74) is 3.13. The van der Waals surface area contributed by atoms with Crippen LogP contribution in [0.15, 0.2) is 12.1 Å². The smallest absolute Gasteiger partial charge is 0.303 e. The summed E-state index contributed by atoms with van der Waals surface area (Å²) in [7, 11) is 2.70. The molecule has 0 atom stereocenters. The molecule has 1 aromatic carbocycles. The Labute approximate surface area is 119 Å². The Morgan fingerprint density at radius 2 is 1.80 bits per heavy atom. The van der Waals surface area contributed by atoms with Gasteiger partial charge in [0, 0.05) is 33.9 Å². The van der Waals surface area contributed by atoms with E-state index in [1.165, 1.54) is 25.4 Å². The van der Waals surface area contributed by atoms with Gasteiger partial charge in [0.2, 0.25) is 5.91 Å². The number of fused-ring (bicyclic) bond motifs is 1. The number of carbonyl (C=O) groups is 1. The first-order valence-corrected chi connectivity index (χ1v) is 7.62. The summed E-state index contributed by atoms with van der Waals surface area (Å²) in [5.74, 6) is 0.0228. The van der Waals surface area contributed by atoms with Gasteiger partial charge in [-0.2, -0.15) is 12.7 Å². The van der Waals surface area contributed by atoms with Crippen molar-refractivity contribution < 1.29 is 13.2 Å². The van der Waals surface area contributed by atoms with Crippen molar-refractivity contribution >= 4 is 27.5 Å². The molecule has 1 amide bonds. The van der Waals surface area contributed by atoms with Crippen LogP contribution in [0.3, 0.4) is 0 Å². The number of amides is 1. The zero-order valence-corrected chi connectivity index (χ0v) is 13.2. The van der Waals surface area contributed by atoms with Gasteiger partial charge in [-0.15, -0.1) is 0 Å².